The molecule has 0 N–H and O–H groups in total. The minimum atomic E-state index is -4.94. The number of nitrogens with zero attached hydrogens (tertiary/aromatic N) is 2. The molecule has 114 valence electrons. The first-order valence-electron chi connectivity index (χ1n) is 5.29. The van der Waals surface area contributed by atoms with Crippen molar-refractivity contribution in [3.8, 4) is 11.5 Å². The molecule has 0 atom stereocenters. The van der Waals surface area contributed by atoms with Crippen molar-refractivity contribution in [2.24, 2.45) is 0 Å². The van der Waals surface area contributed by atoms with Crippen LogP contribution in [-0.2, 0) is 18.2 Å². The zero-order valence-corrected chi connectivity index (χ0v) is 10.6. The molecular weight excluding hydrogens is 326 g/mol. The van der Waals surface area contributed by atoms with Crippen LogP contribution in [0.2, 0.25) is 0 Å². The number of rotatable bonds is 2. The third-order valence-electron chi connectivity index (χ3n) is 2.42. The van der Waals surface area contributed by atoms with Crippen LogP contribution < -0.4 is 0 Å². The molecule has 0 bridgehead atoms. The predicted octanol–water partition coefficient (Wildman–Crippen LogP) is 4.51. The number of benzene rings is 1. The molecule has 0 amide bonds. The van der Waals surface area contributed by atoms with Crippen molar-refractivity contribution in [2.75, 3.05) is 0 Å². The highest BCUT2D eigenvalue weighted by Gasteiger charge is 2.37. The van der Waals surface area contributed by atoms with Gasteiger partial charge in [0.25, 0.3) is 5.89 Å². The van der Waals surface area contributed by atoms with Gasteiger partial charge in [-0.2, -0.15) is 31.3 Å². The summed E-state index contributed by atoms with van der Waals surface area (Å²) in [5, 5.41) is 3.31. The molecule has 0 aliphatic carbocycles. The van der Waals surface area contributed by atoms with Crippen LogP contribution in [0.15, 0.2) is 22.7 Å². The van der Waals surface area contributed by atoms with Crippen LogP contribution in [0.25, 0.3) is 11.5 Å². The molecule has 0 saturated heterocycles. The molecule has 2 rings (SSSR count). The standard InChI is InChI=1S/C11H5ClF6N2O/c12-4-8-19-9(21-20-8)5-1-6(10(13,14)15)3-7(2-5)11(16,17)18/h1-3H,4H2. The van der Waals surface area contributed by atoms with Crippen molar-refractivity contribution in [3.05, 3.63) is 35.2 Å². The van der Waals surface area contributed by atoms with E-state index in [2.05, 4.69) is 14.7 Å². The number of hydrogen-bond donors (Lipinski definition) is 0. The van der Waals surface area contributed by atoms with E-state index in [0.29, 0.717) is 12.1 Å². The lowest BCUT2D eigenvalue weighted by molar-refractivity contribution is -0.143. The van der Waals surface area contributed by atoms with Crippen molar-refractivity contribution >= 4 is 11.6 Å². The lowest BCUT2D eigenvalue weighted by Gasteiger charge is -2.12. The van der Waals surface area contributed by atoms with Gasteiger partial charge in [-0.15, -0.1) is 11.6 Å². The van der Waals surface area contributed by atoms with Crippen LogP contribution in [0.4, 0.5) is 26.3 Å². The largest absolute Gasteiger partial charge is 0.416 e. The summed E-state index contributed by atoms with van der Waals surface area (Å²) in [5.74, 6) is -0.700. The van der Waals surface area contributed by atoms with Crippen LogP contribution >= 0.6 is 11.6 Å². The molecule has 1 aromatic carbocycles. The molecule has 21 heavy (non-hydrogen) atoms. The van der Waals surface area contributed by atoms with Gasteiger partial charge in [0.1, 0.15) is 0 Å². The number of hydrogen-bond acceptors (Lipinski definition) is 3. The molecule has 0 aliphatic heterocycles. The molecule has 10 heteroatoms. The van der Waals surface area contributed by atoms with Gasteiger partial charge in [-0.05, 0) is 18.2 Å². The van der Waals surface area contributed by atoms with E-state index in [-0.39, 0.29) is 17.8 Å². The van der Waals surface area contributed by atoms with Gasteiger partial charge in [-0.25, -0.2) is 0 Å². The molecule has 2 aromatic rings. The summed E-state index contributed by atoms with van der Waals surface area (Å²) < 4.78 is 80.6. The van der Waals surface area contributed by atoms with Gasteiger partial charge in [0.2, 0.25) is 0 Å². The third kappa shape index (κ3) is 3.46. The van der Waals surface area contributed by atoms with Gasteiger partial charge in [-0.3, -0.25) is 0 Å². The minimum absolute atomic E-state index is 0.0162. The Bertz CT molecular complexity index is 617. The zero-order valence-electron chi connectivity index (χ0n) is 9.89. The van der Waals surface area contributed by atoms with Gasteiger partial charge >= 0.3 is 12.4 Å². The Labute approximate surface area is 118 Å². The molecule has 0 unspecified atom stereocenters. The first kappa shape index (κ1) is 15.6. The van der Waals surface area contributed by atoms with Crippen molar-refractivity contribution in [2.45, 2.75) is 18.2 Å². The number of alkyl halides is 7. The third-order valence-corrected chi connectivity index (χ3v) is 2.66. The molecule has 0 fully saturated rings. The fraction of sp³-hybridized carbons (Fsp3) is 0.273. The van der Waals surface area contributed by atoms with E-state index >= 15 is 0 Å². The van der Waals surface area contributed by atoms with Crippen molar-refractivity contribution in [3.63, 3.8) is 0 Å². The van der Waals surface area contributed by atoms with E-state index in [4.69, 9.17) is 11.6 Å². The van der Waals surface area contributed by atoms with Crippen molar-refractivity contribution in [1.82, 2.24) is 10.1 Å². The summed E-state index contributed by atoms with van der Waals surface area (Å²) in [6, 6.07) is 1.02. The van der Waals surface area contributed by atoms with Gasteiger partial charge in [0.05, 0.1) is 17.0 Å². The first-order chi connectivity index (χ1) is 9.61. The monoisotopic (exact) mass is 330 g/mol. The molecule has 0 spiro atoms. The minimum Gasteiger partial charge on any atom is -0.334 e. The van der Waals surface area contributed by atoms with E-state index in [9.17, 15) is 26.3 Å². The molecule has 1 heterocycles. The normalized spacial score (nSPS) is 12.7. The second-order valence-electron chi connectivity index (χ2n) is 3.94. The maximum atomic E-state index is 12.7. The van der Waals surface area contributed by atoms with Crippen LogP contribution in [0.5, 0.6) is 0 Å². The van der Waals surface area contributed by atoms with Crippen LogP contribution in [-0.4, -0.2) is 10.1 Å². The Balaban J connectivity index is 2.60. The van der Waals surface area contributed by atoms with Crippen LogP contribution in [0.1, 0.15) is 17.0 Å². The summed E-state index contributed by atoms with van der Waals surface area (Å²) in [4.78, 5) is 3.60. The van der Waals surface area contributed by atoms with Gasteiger partial charge in [0.15, 0.2) is 5.82 Å². The molecular formula is C11H5ClF6N2O. The fourth-order valence-corrected chi connectivity index (χ4v) is 1.61. The Morgan fingerprint density at radius 2 is 1.48 bits per heavy atom. The lowest BCUT2D eigenvalue weighted by Crippen LogP contribution is -2.11. The smallest absolute Gasteiger partial charge is 0.334 e. The number of aromatic nitrogens is 2. The van der Waals surface area contributed by atoms with Crippen LogP contribution in [0, 0.1) is 0 Å². The predicted molar refractivity (Wildman–Crippen MR) is 59.3 cm³/mol. The van der Waals surface area contributed by atoms with E-state index in [1.54, 1.807) is 0 Å². The molecule has 0 saturated carbocycles. The van der Waals surface area contributed by atoms with E-state index in [0.717, 1.165) is 0 Å². The highest BCUT2D eigenvalue weighted by molar-refractivity contribution is 6.16. The molecule has 3 nitrogen and oxygen atoms in total. The topological polar surface area (TPSA) is 38.9 Å². The second kappa shape index (κ2) is 5.21. The van der Waals surface area contributed by atoms with Gasteiger partial charge < -0.3 is 4.52 Å². The maximum Gasteiger partial charge on any atom is 0.416 e. The molecule has 0 radical (unpaired) electrons. The van der Waals surface area contributed by atoms with E-state index < -0.39 is 34.9 Å². The van der Waals surface area contributed by atoms with Crippen molar-refractivity contribution < 1.29 is 30.9 Å². The summed E-state index contributed by atoms with van der Waals surface area (Å²) in [6.07, 6.45) is -9.88. The van der Waals surface area contributed by atoms with E-state index in [1.165, 1.54) is 0 Å². The average Bonchev–Trinajstić information content (AvgIpc) is 2.85. The van der Waals surface area contributed by atoms with Crippen LogP contribution in [0.3, 0.4) is 0 Å². The average molecular weight is 331 g/mol. The summed E-state index contributed by atoms with van der Waals surface area (Å²) in [6.45, 7) is 0. The fourth-order valence-electron chi connectivity index (χ4n) is 1.50. The molecule has 0 aliphatic rings. The summed E-state index contributed by atoms with van der Waals surface area (Å²) in [7, 11) is 0. The Hall–Kier alpha value is -1.77. The SMILES string of the molecule is FC(F)(F)c1cc(-c2nc(CCl)no2)cc(C(F)(F)F)c1. The zero-order chi connectivity index (χ0) is 15.8. The molecule has 1 aromatic heterocycles. The van der Waals surface area contributed by atoms with Gasteiger partial charge in [-0.1, -0.05) is 5.16 Å². The van der Waals surface area contributed by atoms with Crippen molar-refractivity contribution in [1.29, 1.82) is 0 Å². The van der Waals surface area contributed by atoms with Gasteiger partial charge in [0, 0.05) is 5.56 Å². The highest BCUT2D eigenvalue weighted by atomic mass is 35.5. The van der Waals surface area contributed by atoms with E-state index in [1.807, 2.05) is 0 Å². The number of halogens is 7. The Kier molecular flexibility index (Phi) is 3.87. The highest BCUT2D eigenvalue weighted by Crippen LogP contribution is 2.38. The lowest BCUT2D eigenvalue weighted by atomic mass is 10.0. The Morgan fingerprint density at radius 1 is 0.952 bits per heavy atom. The summed E-state index contributed by atoms with van der Waals surface area (Å²) >= 11 is 5.39. The maximum absolute atomic E-state index is 12.7. The quantitative estimate of drug-likeness (QED) is 0.600. The first-order valence-corrected chi connectivity index (χ1v) is 5.83. The second-order valence-corrected chi connectivity index (χ2v) is 4.21. The Morgan fingerprint density at radius 3 is 1.86 bits per heavy atom. The summed E-state index contributed by atoms with van der Waals surface area (Å²) in [5.41, 5.74) is -3.41.